The summed E-state index contributed by atoms with van der Waals surface area (Å²) >= 11 is 12.0. The zero-order valence-electron chi connectivity index (χ0n) is 15.8. The largest absolute Gasteiger partial charge is 0.475 e. The molecule has 8 heteroatoms. The van der Waals surface area contributed by atoms with Crippen molar-refractivity contribution >= 4 is 35.1 Å². The van der Waals surface area contributed by atoms with Crippen LogP contribution in [-0.4, -0.2) is 31.3 Å². The predicted molar refractivity (Wildman–Crippen MR) is 105 cm³/mol. The summed E-state index contributed by atoms with van der Waals surface area (Å²) in [7, 11) is 1.21. The number of rotatable bonds is 7. The van der Waals surface area contributed by atoms with Crippen molar-refractivity contribution in [3.05, 3.63) is 52.0 Å². The van der Waals surface area contributed by atoms with Gasteiger partial charge in [-0.05, 0) is 56.7 Å². The summed E-state index contributed by atoms with van der Waals surface area (Å²) in [5, 5.41) is 0.993. The number of methoxy groups -OCH3 is 1. The SMILES string of the molecule is COC(=O)C(C)OC(=O)C(C)Oc1cc(Cl)ccc1Oc1ccc(Cl)cc1C. The van der Waals surface area contributed by atoms with E-state index in [2.05, 4.69) is 4.74 Å². The summed E-state index contributed by atoms with van der Waals surface area (Å²) in [4.78, 5) is 23.6. The van der Waals surface area contributed by atoms with Crippen LogP contribution in [0.15, 0.2) is 36.4 Å². The van der Waals surface area contributed by atoms with Crippen molar-refractivity contribution in [1.29, 1.82) is 0 Å². The summed E-state index contributed by atoms with van der Waals surface area (Å²) in [6.07, 6.45) is -2.06. The Labute approximate surface area is 173 Å². The van der Waals surface area contributed by atoms with Crippen LogP contribution in [0.3, 0.4) is 0 Å². The lowest BCUT2D eigenvalue weighted by atomic mass is 10.2. The van der Waals surface area contributed by atoms with Crippen LogP contribution in [0.1, 0.15) is 19.4 Å². The number of benzene rings is 2. The third kappa shape index (κ3) is 5.78. The predicted octanol–water partition coefficient (Wildman–Crippen LogP) is 4.97. The van der Waals surface area contributed by atoms with Gasteiger partial charge in [-0.2, -0.15) is 0 Å². The second kappa shape index (κ2) is 9.66. The Bertz CT molecular complexity index is 868. The maximum Gasteiger partial charge on any atom is 0.347 e. The number of esters is 2. The third-order valence-corrected chi connectivity index (χ3v) is 4.19. The summed E-state index contributed by atoms with van der Waals surface area (Å²) in [6, 6.07) is 9.98. The van der Waals surface area contributed by atoms with Crippen LogP contribution in [0.2, 0.25) is 10.0 Å². The lowest BCUT2D eigenvalue weighted by molar-refractivity contribution is -0.168. The first kappa shape index (κ1) is 21.9. The number of ether oxygens (including phenoxy) is 4. The van der Waals surface area contributed by atoms with Crippen LogP contribution >= 0.6 is 23.2 Å². The van der Waals surface area contributed by atoms with Gasteiger partial charge in [0.25, 0.3) is 0 Å². The average Bonchev–Trinajstić information content (AvgIpc) is 2.64. The minimum atomic E-state index is -1.05. The van der Waals surface area contributed by atoms with E-state index in [-0.39, 0.29) is 5.75 Å². The lowest BCUT2D eigenvalue weighted by Gasteiger charge is -2.19. The van der Waals surface area contributed by atoms with Crippen LogP contribution in [-0.2, 0) is 19.1 Å². The molecule has 2 aromatic carbocycles. The molecule has 28 heavy (non-hydrogen) atoms. The molecule has 0 spiro atoms. The molecule has 0 aliphatic carbocycles. The number of halogens is 2. The molecule has 0 saturated heterocycles. The molecule has 150 valence electrons. The number of carbonyl (C=O) groups is 2. The Morgan fingerprint density at radius 2 is 1.46 bits per heavy atom. The smallest absolute Gasteiger partial charge is 0.347 e. The van der Waals surface area contributed by atoms with Crippen molar-refractivity contribution in [2.75, 3.05) is 7.11 Å². The fraction of sp³-hybridized carbons (Fsp3) is 0.300. The molecule has 0 aromatic heterocycles. The lowest BCUT2D eigenvalue weighted by Crippen LogP contribution is -2.33. The molecule has 2 rings (SSSR count). The highest BCUT2D eigenvalue weighted by Crippen LogP contribution is 2.36. The van der Waals surface area contributed by atoms with Gasteiger partial charge in [-0.25, -0.2) is 9.59 Å². The molecule has 0 radical (unpaired) electrons. The molecular weight excluding hydrogens is 407 g/mol. The molecule has 0 bridgehead atoms. The first-order valence-electron chi connectivity index (χ1n) is 8.39. The highest BCUT2D eigenvalue weighted by atomic mass is 35.5. The highest BCUT2D eigenvalue weighted by molar-refractivity contribution is 6.31. The van der Waals surface area contributed by atoms with Gasteiger partial charge in [-0.15, -0.1) is 0 Å². The monoisotopic (exact) mass is 426 g/mol. The number of carbonyl (C=O) groups excluding carboxylic acids is 2. The Balaban J connectivity index is 2.17. The van der Waals surface area contributed by atoms with Gasteiger partial charge < -0.3 is 18.9 Å². The van der Waals surface area contributed by atoms with Crippen LogP contribution in [0.5, 0.6) is 17.2 Å². The van der Waals surface area contributed by atoms with Crippen LogP contribution < -0.4 is 9.47 Å². The molecular formula is C20H20Cl2O6. The standard InChI is InChI=1S/C20H20Cl2O6/c1-11-9-14(21)5-7-16(11)28-17-8-6-15(22)10-18(17)26-13(3)20(24)27-12(2)19(23)25-4/h5-10,12-13H,1-4H3. The third-order valence-electron chi connectivity index (χ3n) is 3.72. The molecule has 2 unspecified atom stereocenters. The first-order chi connectivity index (χ1) is 13.2. The van der Waals surface area contributed by atoms with Crippen molar-refractivity contribution in [1.82, 2.24) is 0 Å². The maximum atomic E-state index is 12.2. The van der Waals surface area contributed by atoms with Gasteiger partial charge >= 0.3 is 11.9 Å². The Morgan fingerprint density at radius 1 is 0.857 bits per heavy atom. The van der Waals surface area contributed by atoms with Gasteiger partial charge in [0, 0.05) is 16.1 Å². The summed E-state index contributed by atoms with van der Waals surface area (Å²) in [5.74, 6) is -0.212. The van der Waals surface area contributed by atoms with E-state index in [1.165, 1.54) is 27.0 Å². The summed E-state index contributed by atoms with van der Waals surface area (Å²) in [5.41, 5.74) is 0.827. The van der Waals surface area contributed by atoms with Crippen LogP contribution in [0.25, 0.3) is 0 Å². The first-order valence-corrected chi connectivity index (χ1v) is 9.15. The number of hydrogen-bond acceptors (Lipinski definition) is 6. The van der Waals surface area contributed by atoms with Gasteiger partial charge in [0.1, 0.15) is 5.75 Å². The zero-order valence-corrected chi connectivity index (χ0v) is 17.3. The molecule has 0 aliphatic heterocycles. The Hall–Kier alpha value is -2.44. The van der Waals surface area contributed by atoms with E-state index in [1.807, 2.05) is 6.92 Å². The van der Waals surface area contributed by atoms with E-state index in [0.29, 0.717) is 21.5 Å². The van der Waals surface area contributed by atoms with Gasteiger partial charge in [-0.3, -0.25) is 0 Å². The molecule has 0 saturated carbocycles. The van der Waals surface area contributed by atoms with Gasteiger partial charge in [-0.1, -0.05) is 23.2 Å². The van der Waals surface area contributed by atoms with Gasteiger partial charge in [0.05, 0.1) is 7.11 Å². The van der Waals surface area contributed by atoms with Crippen LogP contribution in [0.4, 0.5) is 0 Å². The number of aryl methyl sites for hydroxylation is 1. The van der Waals surface area contributed by atoms with E-state index in [1.54, 1.807) is 30.3 Å². The van der Waals surface area contributed by atoms with Crippen molar-refractivity contribution in [2.24, 2.45) is 0 Å². The van der Waals surface area contributed by atoms with E-state index < -0.39 is 24.1 Å². The van der Waals surface area contributed by atoms with E-state index >= 15 is 0 Å². The summed E-state index contributed by atoms with van der Waals surface area (Å²) in [6.45, 7) is 4.75. The maximum absolute atomic E-state index is 12.2. The molecule has 0 N–H and O–H groups in total. The van der Waals surface area contributed by atoms with Gasteiger partial charge in [0.2, 0.25) is 0 Å². The second-order valence-electron chi connectivity index (χ2n) is 5.97. The normalized spacial score (nSPS) is 12.6. The molecule has 0 heterocycles. The topological polar surface area (TPSA) is 71.1 Å². The van der Waals surface area contributed by atoms with E-state index in [4.69, 9.17) is 37.4 Å². The zero-order chi connectivity index (χ0) is 20.8. The molecule has 0 aliphatic rings. The Kier molecular flexibility index (Phi) is 7.54. The summed E-state index contributed by atoms with van der Waals surface area (Å²) < 4.78 is 21.1. The van der Waals surface area contributed by atoms with Crippen molar-refractivity contribution in [2.45, 2.75) is 33.0 Å². The van der Waals surface area contributed by atoms with E-state index in [0.717, 1.165) is 5.56 Å². The molecule has 6 nitrogen and oxygen atoms in total. The van der Waals surface area contributed by atoms with Crippen molar-refractivity contribution in [3.8, 4) is 17.2 Å². The Morgan fingerprint density at radius 3 is 2.07 bits per heavy atom. The molecule has 0 amide bonds. The van der Waals surface area contributed by atoms with Crippen LogP contribution in [0, 0.1) is 6.92 Å². The van der Waals surface area contributed by atoms with E-state index in [9.17, 15) is 9.59 Å². The quantitative estimate of drug-likeness (QED) is 0.582. The molecule has 2 aromatic rings. The minimum Gasteiger partial charge on any atom is -0.475 e. The van der Waals surface area contributed by atoms with Crippen molar-refractivity contribution in [3.63, 3.8) is 0 Å². The molecule has 2 atom stereocenters. The molecule has 0 fully saturated rings. The van der Waals surface area contributed by atoms with Gasteiger partial charge in [0.15, 0.2) is 23.7 Å². The second-order valence-corrected chi connectivity index (χ2v) is 6.84. The minimum absolute atomic E-state index is 0.247. The highest BCUT2D eigenvalue weighted by Gasteiger charge is 2.24. The fourth-order valence-electron chi connectivity index (χ4n) is 2.23. The number of hydrogen-bond donors (Lipinski definition) is 0. The average molecular weight is 427 g/mol. The van der Waals surface area contributed by atoms with Crippen molar-refractivity contribution < 1.29 is 28.5 Å². The fourth-order valence-corrected chi connectivity index (χ4v) is 2.62.